The van der Waals surface area contributed by atoms with Gasteiger partial charge in [-0.05, 0) is 24.5 Å². The van der Waals surface area contributed by atoms with Gasteiger partial charge in [0, 0.05) is 51.3 Å². The number of aryl methyl sites for hydroxylation is 1. The van der Waals surface area contributed by atoms with E-state index in [4.69, 9.17) is 14.7 Å². The van der Waals surface area contributed by atoms with E-state index in [-0.39, 0.29) is 0 Å². The number of nitriles is 1. The molecule has 0 radical (unpaired) electrons. The molecule has 29 heavy (non-hydrogen) atoms. The van der Waals surface area contributed by atoms with Crippen molar-refractivity contribution in [3.63, 3.8) is 0 Å². The van der Waals surface area contributed by atoms with Gasteiger partial charge in [0.1, 0.15) is 0 Å². The van der Waals surface area contributed by atoms with Crippen molar-refractivity contribution < 1.29 is 9.47 Å². The van der Waals surface area contributed by atoms with Crippen LogP contribution in [-0.4, -0.2) is 56.2 Å². The Morgan fingerprint density at radius 2 is 1.72 bits per heavy atom. The van der Waals surface area contributed by atoms with Crippen molar-refractivity contribution in [1.29, 1.82) is 5.26 Å². The molecule has 2 aromatic rings. The van der Waals surface area contributed by atoms with Crippen LogP contribution in [0, 0.1) is 11.3 Å². The molecule has 1 fully saturated rings. The highest BCUT2D eigenvalue weighted by atomic mass is 16.5. The van der Waals surface area contributed by atoms with Crippen molar-refractivity contribution >= 4 is 0 Å². The largest absolute Gasteiger partial charge is 0.493 e. The van der Waals surface area contributed by atoms with Gasteiger partial charge >= 0.3 is 0 Å². The van der Waals surface area contributed by atoms with Crippen molar-refractivity contribution in [2.75, 3.05) is 46.4 Å². The molecule has 0 aliphatic carbocycles. The molecule has 0 atom stereocenters. The Morgan fingerprint density at radius 1 is 0.966 bits per heavy atom. The first-order valence-electron chi connectivity index (χ1n) is 10.4. The Bertz CT molecular complexity index is 780. The normalized spacial score (nSPS) is 15.0. The van der Waals surface area contributed by atoms with Gasteiger partial charge in [-0.2, -0.15) is 5.26 Å². The highest BCUT2D eigenvalue weighted by Gasteiger charge is 2.19. The van der Waals surface area contributed by atoms with Gasteiger partial charge in [0.15, 0.2) is 11.5 Å². The summed E-state index contributed by atoms with van der Waals surface area (Å²) in [5.41, 5.74) is 2.51. The van der Waals surface area contributed by atoms with Gasteiger partial charge in [-0.1, -0.05) is 42.5 Å². The van der Waals surface area contributed by atoms with Crippen LogP contribution in [0.15, 0.2) is 48.5 Å². The average molecular weight is 394 g/mol. The summed E-state index contributed by atoms with van der Waals surface area (Å²) < 4.78 is 11.8. The number of hydrogen-bond donors (Lipinski definition) is 0. The van der Waals surface area contributed by atoms with E-state index in [0.29, 0.717) is 13.0 Å². The fourth-order valence-corrected chi connectivity index (χ4v) is 3.73. The predicted molar refractivity (Wildman–Crippen MR) is 115 cm³/mol. The molecule has 1 heterocycles. The average Bonchev–Trinajstić information content (AvgIpc) is 2.77. The van der Waals surface area contributed by atoms with Crippen LogP contribution >= 0.6 is 0 Å². The molecule has 0 saturated carbocycles. The molecule has 154 valence electrons. The van der Waals surface area contributed by atoms with Gasteiger partial charge < -0.3 is 9.47 Å². The van der Waals surface area contributed by atoms with Crippen LogP contribution in [-0.2, 0) is 13.0 Å². The van der Waals surface area contributed by atoms with Crippen molar-refractivity contribution in [1.82, 2.24) is 9.80 Å². The topological polar surface area (TPSA) is 48.7 Å². The van der Waals surface area contributed by atoms with Crippen molar-refractivity contribution in [2.45, 2.75) is 25.8 Å². The summed E-state index contributed by atoms with van der Waals surface area (Å²) in [6.07, 6.45) is 2.59. The number of nitrogens with zero attached hydrogens (tertiary/aromatic N) is 3. The van der Waals surface area contributed by atoms with E-state index in [1.54, 1.807) is 7.11 Å². The van der Waals surface area contributed by atoms with Crippen LogP contribution in [0.25, 0.3) is 0 Å². The van der Waals surface area contributed by atoms with Crippen LogP contribution in [0.2, 0.25) is 0 Å². The van der Waals surface area contributed by atoms with Crippen LogP contribution in [0.5, 0.6) is 11.5 Å². The molecule has 0 spiro atoms. The molecule has 5 nitrogen and oxygen atoms in total. The molecule has 1 saturated heterocycles. The standard InChI is InChI=1S/C24H31N3O2/c1-28-23-12-5-11-22(20-27-17-15-26(16-18-27)14-7-13-25)24(23)29-19-6-10-21-8-3-2-4-9-21/h2-5,8-9,11-12H,6-7,10,14-20H2,1H3. The molecule has 2 aromatic carbocycles. The minimum absolute atomic E-state index is 0.608. The van der Waals surface area contributed by atoms with E-state index in [1.807, 2.05) is 18.2 Å². The van der Waals surface area contributed by atoms with E-state index in [9.17, 15) is 0 Å². The lowest BCUT2D eigenvalue weighted by atomic mass is 10.1. The summed E-state index contributed by atoms with van der Waals surface area (Å²) in [5, 5.41) is 8.76. The maximum Gasteiger partial charge on any atom is 0.165 e. The van der Waals surface area contributed by atoms with E-state index in [2.05, 4.69) is 46.2 Å². The molecule has 0 aromatic heterocycles. The summed E-state index contributed by atoms with van der Waals surface area (Å²) in [5.74, 6) is 1.67. The smallest absolute Gasteiger partial charge is 0.165 e. The lowest BCUT2D eigenvalue weighted by Crippen LogP contribution is -2.46. The van der Waals surface area contributed by atoms with Gasteiger partial charge in [0.05, 0.1) is 19.8 Å². The number of piperazine rings is 1. The van der Waals surface area contributed by atoms with E-state index in [0.717, 1.165) is 63.6 Å². The first-order chi connectivity index (χ1) is 14.3. The lowest BCUT2D eigenvalue weighted by molar-refractivity contribution is 0.127. The zero-order valence-electron chi connectivity index (χ0n) is 17.3. The third-order valence-corrected chi connectivity index (χ3v) is 5.38. The molecule has 3 rings (SSSR count). The van der Waals surface area contributed by atoms with Gasteiger partial charge in [-0.15, -0.1) is 0 Å². The van der Waals surface area contributed by atoms with Crippen LogP contribution < -0.4 is 9.47 Å². The number of rotatable bonds is 10. The Hall–Kier alpha value is -2.55. The Morgan fingerprint density at radius 3 is 2.45 bits per heavy atom. The third-order valence-electron chi connectivity index (χ3n) is 5.38. The molecule has 5 heteroatoms. The summed E-state index contributed by atoms with van der Waals surface area (Å²) in [7, 11) is 1.70. The summed E-state index contributed by atoms with van der Waals surface area (Å²) >= 11 is 0. The second kappa shape index (κ2) is 11.5. The third kappa shape index (κ3) is 6.49. The summed E-state index contributed by atoms with van der Waals surface area (Å²) in [6.45, 7) is 6.45. The Labute approximate surface area is 174 Å². The fraction of sp³-hybridized carbons (Fsp3) is 0.458. The number of hydrogen-bond acceptors (Lipinski definition) is 5. The fourth-order valence-electron chi connectivity index (χ4n) is 3.73. The van der Waals surface area contributed by atoms with E-state index >= 15 is 0 Å². The molecule has 1 aliphatic rings. The van der Waals surface area contributed by atoms with Crippen LogP contribution in [0.3, 0.4) is 0 Å². The van der Waals surface area contributed by atoms with Crippen LogP contribution in [0.1, 0.15) is 24.0 Å². The number of ether oxygens (including phenoxy) is 2. The van der Waals surface area contributed by atoms with Gasteiger partial charge in [0.2, 0.25) is 0 Å². The first-order valence-corrected chi connectivity index (χ1v) is 10.4. The summed E-state index contributed by atoms with van der Waals surface area (Å²) in [6, 6.07) is 18.9. The quantitative estimate of drug-likeness (QED) is 0.576. The maximum atomic E-state index is 8.76. The second-order valence-corrected chi connectivity index (χ2v) is 7.41. The zero-order valence-corrected chi connectivity index (χ0v) is 17.3. The zero-order chi connectivity index (χ0) is 20.3. The molecular formula is C24H31N3O2. The lowest BCUT2D eigenvalue weighted by Gasteiger charge is -2.34. The summed E-state index contributed by atoms with van der Waals surface area (Å²) in [4.78, 5) is 4.82. The molecule has 0 amide bonds. The van der Waals surface area contributed by atoms with Gasteiger partial charge in [-0.3, -0.25) is 9.80 Å². The van der Waals surface area contributed by atoms with Crippen molar-refractivity contribution in [3.8, 4) is 17.6 Å². The highest BCUT2D eigenvalue weighted by Crippen LogP contribution is 2.32. The minimum Gasteiger partial charge on any atom is -0.493 e. The van der Waals surface area contributed by atoms with E-state index in [1.165, 1.54) is 11.1 Å². The van der Waals surface area contributed by atoms with Gasteiger partial charge in [-0.25, -0.2) is 0 Å². The Kier molecular flexibility index (Phi) is 8.36. The number of methoxy groups -OCH3 is 1. The van der Waals surface area contributed by atoms with Crippen LogP contribution in [0.4, 0.5) is 0 Å². The second-order valence-electron chi connectivity index (χ2n) is 7.41. The van der Waals surface area contributed by atoms with E-state index < -0.39 is 0 Å². The minimum atomic E-state index is 0.608. The first kappa shape index (κ1) is 21.2. The SMILES string of the molecule is COc1cccc(CN2CCN(CCC#N)CC2)c1OCCCc1ccccc1. The van der Waals surface area contributed by atoms with Crippen molar-refractivity contribution in [3.05, 3.63) is 59.7 Å². The molecular weight excluding hydrogens is 362 g/mol. The maximum absolute atomic E-state index is 8.76. The number of para-hydroxylation sites is 1. The molecule has 1 aliphatic heterocycles. The molecule has 0 N–H and O–H groups in total. The molecule has 0 unspecified atom stereocenters. The predicted octanol–water partition coefficient (Wildman–Crippen LogP) is 3.74. The Balaban J connectivity index is 1.54. The van der Waals surface area contributed by atoms with Crippen molar-refractivity contribution in [2.24, 2.45) is 0 Å². The monoisotopic (exact) mass is 393 g/mol. The molecule has 0 bridgehead atoms. The van der Waals surface area contributed by atoms with Gasteiger partial charge in [0.25, 0.3) is 0 Å². The number of benzene rings is 2. The highest BCUT2D eigenvalue weighted by molar-refractivity contribution is 5.46.